The van der Waals surface area contributed by atoms with E-state index in [4.69, 9.17) is 10.0 Å². The van der Waals surface area contributed by atoms with Crippen LogP contribution in [0.5, 0.6) is 0 Å². The van der Waals surface area contributed by atoms with Gasteiger partial charge in [-0.05, 0) is 0 Å². The topological polar surface area (TPSA) is 46.1 Å². The molecular weight excluding hydrogens is 102 g/mol. The number of hydrogen-bond acceptors (Lipinski definition) is 2. The van der Waals surface area contributed by atoms with Gasteiger partial charge in [0.25, 0.3) is 0 Å². The largest absolute Gasteiger partial charge is 2.00 e. The Morgan fingerprint density at radius 1 is 1.25 bits per heavy atom. The van der Waals surface area contributed by atoms with E-state index < -0.39 is 7.69 Å². The monoisotopic (exact) mass is 102 g/mol. The Labute approximate surface area is 35.3 Å². The van der Waals surface area contributed by atoms with E-state index in [2.05, 4.69) is 0 Å². The van der Waals surface area contributed by atoms with Crippen LogP contribution in [0.4, 0.5) is 0 Å². The predicted molar refractivity (Wildman–Crippen MR) is 5.75 cm³/mol. The Bertz CT molecular complexity index is 6.00. The van der Waals surface area contributed by atoms with Gasteiger partial charge in [0, 0.05) is 0 Å². The molecule has 0 saturated carbocycles. The Hall–Kier alpha value is 0.491. The van der Waals surface area contributed by atoms with Gasteiger partial charge in [0.2, 0.25) is 0 Å². The fraction of sp³-hybridized carbons (Fsp3) is 0. The minimum absolute atomic E-state index is 0. The maximum Gasteiger partial charge on any atom is 2.00 e. The average molecular weight is 102 g/mol. The van der Waals surface area contributed by atoms with Gasteiger partial charge < -0.3 is 10.0 Å². The summed E-state index contributed by atoms with van der Waals surface area (Å²) in [5, 5.41) is 16.5. The van der Waals surface area contributed by atoms with Crippen molar-refractivity contribution in [1.29, 1.82) is 0 Å². The average Bonchev–Trinajstić information content (AvgIpc) is 0.918. The summed E-state index contributed by atoms with van der Waals surface area (Å²) in [5.74, 6) is 0. The van der Waals surface area contributed by atoms with Crippen LogP contribution in [0.15, 0.2) is 0 Å². The van der Waals surface area contributed by atoms with Crippen LogP contribution < -0.4 is 10.0 Å². The molecule has 0 saturated heterocycles. The van der Waals surface area contributed by atoms with Crippen LogP contribution in [0.25, 0.3) is 0 Å². The Morgan fingerprint density at radius 2 is 1.25 bits per heavy atom. The van der Waals surface area contributed by atoms with Crippen LogP contribution in [0.3, 0.4) is 0 Å². The van der Waals surface area contributed by atoms with Crippen molar-refractivity contribution in [3.05, 3.63) is 0 Å². The van der Waals surface area contributed by atoms with E-state index in [1.54, 1.807) is 0 Å². The minimum atomic E-state index is -0.500. The van der Waals surface area contributed by atoms with Crippen molar-refractivity contribution < 1.29 is 26.8 Å². The molecule has 0 aliphatic rings. The summed E-state index contributed by atoms with van der Waals surface area (Å²) < 4.78 is 0. The van der Waals surface area contributed by atoms with E-state index in [0.717, 1.165) is 0 Å². The minimum Gasteiger partial charge on any atom is -0.900 e. The molecule has 0 heterocycles. The van der Waals surface area contributed by atoms with E-state index in [-0.39, 0.29) is 16.8 Å². The maximum absolute atomic E-state index is 8.25. The molecule has 0 N–H and O–H groups in total. The zero-order valence-corrected chi connectivity index (χ0v) is 2.77. The van der Waals surface area contributed by atoms with Crippen LogP contribution in [-0.4, -0.2) is 7.69 Å². The molecule has 24 valence electrons. The van der Waals surface area contributed by atoms with Gasteiger partial charge in [0.15, 0.2) is 0 Å². The van der Waals surface area contributed by atoms with Crippen LogP contribution in [0.2, 0.25) is 0 Å². The van der Waals surface area contributed by atoms with Crippen molar-refractivity contribution >= 4 is 7.69 Å². The summed E-state index contributed by atoms with van der Waals surface area (Å²) in [6.45, 7) is 0. The zero-order valence-electron chi connectivity index (χ0n) is 1.73. The van der Waals surface area contributed by atoms with Gasteiger partial charge >= 0.3 is 16.8 Å². The fourth-order valence-corrected chi connectivity index (χ4v) is 0. The third-order valence-electron chi connectivity index (χ3n) is 0. The van der Waals surface area contributed by atoms with Gasteiger partial charge in [-0.25, -0.2) is 7.69 Å². The molecule has 0 aliphatic carbocycles. The van der Waals surface area contributed by atoms with Crippen molar-refractivity contribution in [2.75, 3.05) is 0 Å². The zero-order chi connectivity index (χ0) is 2.71. The molecule has 2 radical (unpaired) electrons. The summed E-state index contributed by atoms with van der Waals surface area (Å²) in [5.41, 5.74) is 0. The summed E-state index contributed by atoms with van der Waals surface area (Å²) in [4.78, 5) is 0. The van der Waals surface area contributed by atoms with Crippen LogP contribution in [0, 0.1) is 0 Å². The predicted octanol–water partition coefficient (Wildman–Crippen LogP) is -2.76. The molecule has 4 heavy (non-hydrogen) atoms. The number of hydrogen-bond donors (Lipinski definition) is 0. The van der Waals surface area contributed by atoms with Crippen molar-refractivity contribution in [2.45, 2.75) is 0 Å². The Balaban J connectivity index is 0. The van der Waals surface area contributed by atoms with Gasteiger partial charge in [0.05, 0.1) is 0 Å². The smallest absolute Gasteiger partial charge is 0.900 e. The molecule has 0 atom stereocenters. The molecule has 0 aliphatic heterocycles. The van der Waals surface area contributed by atoms with E-state index in [1.807, 2.05) is 0 Å². The van der Waals surface area contributed by atoms with E-state index in [1.165, 1.54) is 0 Å². The molecule has 0 amide bonds. The molecule has 0 fully saturated rings. The first kappa shape index (κ1) is 8.82. The molecular formula is BCoO2. The summed E-state index contributed by atoms with van der Waals surface area (Å²) in [6.07, 6.45) is 0. The third-order valence-corrected chi connectivity index (χ3v) is 0. The van der Waals surface area contributed by atoms with Gasteiger partial charge in [0.1, 0.15) is 0 Å². The van der Waals surface area contributed by atoms with Crippen LogP contribution >= 0.6 is 0 Å². The quantitative estimate of drug-likeness (QED) is 0.311. The Morgan fingerprint density at radius 3 is 1.25 bits per heavy atom. The molecule has 0 aromatic heterocycles. The van der Waals surface area contributed by atoms with Crippen molar-refractivity contribution in [2.24, 2.45) is 0 Å². The SMILES string of the molecule is [Co+2].[O-][B][O-]. The van der Waals surface area contributed by atoms with Gasteiger partial charge in [-0.15, -0.1) is 0 Å². The van der Waals surface area contributed by atoms with E-state index >= 15 is 0 Å². The molecule has 0 unspecified atom stereocenters. The first-order chi connectivity index (χ1) is 1.41. The fourth-order valence-electron chi connectivity index (χ4n) is 0. The third kappa shape index (κ3) is 22.9. The van der Waals surface area contributed by atoms with Gasteiger partial charge in [-0.3, -0.25) is 0 Å². The second-order valence-corrected chi connectivity index (χ2v) is 0.0962. The molecule has 0 bridgehead atoms. The second kappa shape index (κ2) is 9.74. The first-order valence-electron chi connectivity index (χ1n) is 0.471. The molecule has 4 heteroatoms. The Kier molecular flexibility index (Phi) is 21.5. The van der Waals surface area contributed by atoms with Crippen molar-refractivity contribution in [3.8, 4) is 0 Å². The molecule has 0 rings (SSSR count). The van der Waals surface area contributed by atoms with Crippen molar-refractivity contribution in [3.63, 3.8) is 0 Å². The van der Waals surface area contributed by atoms with Gasteiger partial charge in [-0.2, -0.15) is 0 Å². The summed E-state index contributed by atoms with van der Waals surface area (Å²) in [7, 11) is -0.500. The first-order valence-corrected chi connectivity index (χ1v) is 0.471. The second-order valence-electron chi connectivity index (χ2n) is 0.0962. The maximum atomic E-state index is 8.25. The van der Waals surface area contributed by atoms with E-state index in [9.17, 15) is 0 Å². The standard InChI is InChI=1S/BO2.Co/c2-1-3;/q-2;+2. The van der Waals surface area contributed by atoms with Crippen LogP contribution in [0.1, 0.15) is 0 Å². The molecule has 0 aromatic carbocycles. The normalized spacial score (nSPS) is 3.50. The summed E-state index contributed by atoms with van der Waals surface area (Å²) in [6, 6.07) is 0. The number of rotatable bonds is 0. The van der Waals surface area contributed by atoms with Crippen LogP contribution in [-0.2, 0) is 16.8 Å². The molecule has 2 nitrogen and oxygen atoms in total. The molecule has 0 spiro atoms. The van der Waals surface area contributed by atoms with Crippen molar-refractivity contribution in [1.82, 2.24) is 0 Å². The molecule has 0 aromatic rings. The van der Waals surface area contributed by atoms with Gasteiger partial charge in [-0.1, -0.05) is 0 Å². The van der Waals surface area contributed by atoms with E-state index in [0.29, 0.717) is 0 Å². The summed E-state index contributed by atoms with van der Waals surface area (Å²) >= 11 is 0.